The van der Waals surface area contributed by atoms with Gasteiger partial charge >= 0.3 is 0 Å². The highest BCUT2D eigenvalue weighted by Gasteiger charge is 2.06. The molecule has 0 aliphatic heterocycles. The van der Waals surface area contributed by atoms with Crippen LogP contribution in [0.25, 0.3) is 11.0 Å². The summed E-state index contributed by atoms with van der Waals surface area (Å²) in [6, 6.07) is 11.1. The van der Waals surface area contributed by atoms with Gasteiger partial charge in [0, 0.05) is 6.20 Å². The summed E-state index contributed by atoms with van der Waals surface area (Å²) >= 11 is 0. The third-order valence-corrected chi connectivity index (χ3v) is 2.78. The number of carbonyl (C=O) groups is 1. The molecule has 5 nitrogen and oxygen atoms in total. The molecule has 3 aromatic rings. The molecule has 0 saturated carbocycles. The van der Waals surface area contributed by atoms with E-state index in [1.165, 1.54) is 0 Å². The zero-order chi connectivity index (χ0) is 13.1. The molecule has 1 amide bonds. The van der Waals surface area contributed by atoms with Gasteiger partial charge in [-0.2, -0.15) is 0 Å². The minimum atomic E-state index is -0.0856. The lowest BCUT2D eigenvalue weighted by Gasteiger charge is -2.04. The largest absolute Gasteiger partial charge is 0.345 e. The number of benzene rings is 1. The smallest absolute Gasteiger partial charge is 0.229 e. The van der Waals surface area contributed by atoms with Gasteiger partial charge in [0.2, 0.25) is 5.91 Å². The number of aromatic amines is 1. The number of amides is 1. The van der Waals surface area contributed by atoms with Crippen molar-refractivity contribution in [1.29, 1.82) is 0 Å². The van der Waals surface area contributed by atoms with Crippen molar-refractivity contribution in [3.05, 3.63) is 54.5 Å². The van der Waals surface area contributed by atoms with E-state index in [1.807, 2.05) is 30.3 Å². The van der Waals surface area contributed by atoms with Gasteiger partial charge in [-0.3, -0.25) is 4.79 Å². The predicted molar refractivity (Wildman–Crippen MR) is 72.7 cm³/mol. The number of anilines is 1. The van der Waals surface area contributed by atoms with Crippen molar-refractivity contribution < 1.29 is 4.79 Å². The highest BCUT2D eigenvalue weighted by Crippen LogP contribution is 2.12. The molecular formula is C14H12N4O. The Morgan fingerprint density at radius 3 is 3.00 bits per heavy atom. The predicted octanol–water partition coefficient (Wildman–Crippen LogP) is 2.14. The molecule has 2 heterocycles. The Hall–Kier alpha value is -2.69. The van der Waals surface area contributed by atoms with Crippen molar-refractivity contribution in [2.45, 2.75) is 6.42 Å². The standard InChI is InChI=1S/C14H12N4O/c19-14(18-13-3-1-2-6-15-13)8-10-4-5-11-12(7-10)17-9-16-11/h1-7,9H,8H2,(H,16,17)(H,15,18,19). The summed E-state index contributed by atoms with van der Waals surface area (Å²) < 4.78 is 0. The summed E-state index contributed by atoms with van der Waals surface area (Å²) in [5.41, 5.74) is 2.77. The molecule has 19 heavy (non-hydrogen) atoms. The molecular weight excluding hydrogens is 240 g/mol. The lowest BCUT2D eigenvalue weighted by Crippen LogP contribution is -2.15. The number of H-pyrrole nitrogens is 1. The first-order chi connectivity index (χ1) is 9.31. The second kappa shape index (κ2) is 4.89. The van der Waals surface area contributed by atoms with Crippen LogP contribution in [0.3, 0.4) is 0 Å². The maximum Gasteiger partial charge on any atom is 0.229 e. The molecule has 0 spiro atoms. The molecule has 0 radical (unpaired) electrons. The first kappa shape index (κ1) is 11.4. The van der Waals surface area contributed by atoms with Crippen molar-refractivity contribution >= 4 is 22.8 Å². The van der Waals surface area contributed by atoms with Crippen LogP contribution < -0.4 is 5.32 Å². The number of hydrogen-bond donors (Lipinski definition) is 2. The summed E-state index contributed by atoms with van der Waals surface area (Å²) in [5.74, 6) is 0.479. The number of pyridine rings is 1. The Morgan fingerprint density at radius 1 is 1.21 bits per heavy atom. The molecule has 0 fully saturated rings. The van der Waals surface area contributed by atoms with Crippen molar-refractivity contribution in [2.75, 3.05) is 5.32 Å². The topological polar surface area (TPSA) is 70.7 Å². The van der Waals surface area contributed by atoms with Crippen LogP contribution in [-0.2, 0) is 11.2 Å². The molecule has 94 valence electrons. The van der Waals surface area contributed by atoms with Gasteiger partial charge in [0.25, 0.3) is 0 Å². The van der Waals surface area contributed by atoms with Crippen LogP contribution in [0.5, 0.6) is 0 Å². The maximum atomic E-state index is 11.9. The fourth-order valence-corrected chi connectivity index (χ4v) is 1.90. The lowest BCUT2D eigenvalue weighted by molar-refractivity contribution is -0.115. The maximum absolute atomic E-state index is 11.9. The van der Waals surface area contributed by atoms with E-state index in [9.17, 15) is 4.79 Å². The summed E-state index contributed by atoms with van der Waals surface area (Å²) in [6.45, 7) is 0. The Bertz CT molecular complexity index is 706. The van der Waals surface area contributed by atoms with Gasteiger partial charge < -0.3 is 10.3 Å². The highest BCUT2D eigenvalue weighted by atomic mass is 16.1. The normalized spacial score (nSPS) is 10.5. The SMILES string of the molecule is O=C(Cc1ccc2nc[nH]c2c1)Nc1ccccn1. The average molecular weight is 252 g/mol. The zero-order valence-corrected chi connectivity index (χ0v) is 10.1. The fraction of sp³-hybridized carbons (Fsp3) is 0.0714. The lowest BCUT2D eigenvalue weighted by atomic mass is 10.1. The second-order valence-electron chi connectivity index (χ2n) is 4.19. The first-order valence-electron chi connectivity index (χ1n) is 5.94. The number of rotatable bonds is 3. The van der Waals surface area contributed by atoms with Gasteiger partial charge in [0.1, 0.15) is 5.82 Å². The molecule has 0 aliphatic rings. The van der Waals surface area contributed by atoms with Crippen molar-refractivity contribution in [3.63, 3.8) is 0 Å². The Labute approximate surface area is 109 Å². The van der Waals surface area contributed by atoms with Crippen LogP contribution in [0.15, 0.2) is 48.9 Å². The number of nitrogens with zero attached hydrogens (tertiary/aromatic N) is 2. The number of carbonyl (C=O) groups excluding carboxylic acids is 1. The van der Waals surface area contributed by atoms with Crippen LogP contribution in [0.4, 0.5) is 5.82 Å². The van der Waals surface area contributed by atoms with Gasteiger partial charge in [-0.25, -0.2) is 9.97 Å². The summed E-state index contributed by atoms with van der Waals surface area (Å²) in [6.07, 6.45) is 3.60. The van der Waals surface area contributed by atoms with E-state index in [0.29, 0.717) is 12.2 Å². The number of nitrogens with one attached hydrogen (secondary N) is 2. The molecule has 0 atom stereocenters. The summed E-state index contributed by atoms with van der Waals surface area (Å²) in [5, 5.41) is 2.76. The highest BCUT2D eigenvalue weighted by molar-refractivity contribution is 5.92. The molecule has 0 bridgehead atoms. The molecule has 2 N–H and O–H groups in total. The van der Waals surface area contributed by atoms with Crippen molar-refractivity contribution in [2.24, 2.45) is 0 Å². The molecule has 1 aromatic carbocycles. The van der Waals surface area contributed by atoms with E-state index in [2.05, 4.69) is 20.3 Å². The van der Waals surface area contributed by atoms with Gasteiger partial charge in [-0.1, -0.05) is 12.1 Å². The third kappa shape index (κ3) is 2.60. The van der Waals surface area contributed by atoms with Crippen LogP contribution in [0, 0.1) is 0 Å². The number of hydrogen-bond acceptors (Lipinski definition) is 3. The van der Waals surface area contributed by atoms with E-state index < -0.39 is 0 Å². The van der Waals surface area contributed by atoms with Gasteiger partial charge in [0.15, 0.2) is 0 Å². The van der Waals surface area contributed by atoms with Crippen LogP contribution >= 0.6 is 0 Å². The molecule has 0 aliphatic carbocycles. The quantitative estimate of drug-likeness (QED) is 0.750. The van der Waals surface area contributed by atoms with E-state index in [1.54, 1.807) is 18.6 Å². The zero-order valence-electron chi connectivity index (χ0n) is 10.1. The summed E-state index contributed by atoms with van der Waals surface area (Å²) in [7, 11) is 0. The molecule has 0 unspecified atom stereocenters. The molecule has 0 saturated heterocycles. The monoisotopic (exact) mass is 252 g/mol. The number of fused-ring (bicyclic) bond motifs is 1. The fourth-order valence-electron chi connectivity index (χ4n) is 1.90. The van der Waals surface area contributed by atoms with E-state index in [-0.39, 0.29) is 5.91 Å². The molecule has 2 aromatic heterocycles. The van der Waals surface area contributed by atoms with Crippen molar-refractivity contribution in [3.8, 4) is 0 Å². The second-order valence-corrected chi connectivity index (χ2v) is 4.19. The van der Waals surface area contributed by atoms with Crippen LogP contribution in [0.2, 0.25) is 0 Å². The first-order valence-corrected chi connectivity index (χ1v) is 5.94. The average Bonchev–Trinajstić information content (AvgIpc) is 2.87. The van der Waals surface area contributed by atoms with Gasteiger partial charge in [-0.05, 0) is 29.8 Å². The number of imidazole rings is 1. The van der Waals surface area contributed by atoms with E-state index >= 15 is 0 Å². The van der Waals surface area contributed by atoms with E-state index in [0.717, 1.165) is 16.6 Å². The molecule has 5 heteroatoms. The minimum Gasteiger partial charge on any atom is -0.345 e. The number of aromatic nitrogens is 3. The van der Waals surface area contributed by atoms with E-state index in [4.69, 9.17) is 0 Å². The molecule has 3 rings (SSSR count). The van der Waals surface area contributed by atoms with Crippen LogP contribution in [-0.4, -0.2) is 20.9 Å². The van der Waals surface area contributed by atoms with Gasteiger partial charge in [0.05, 0.1) is 23.8 Å². The third-order valence-electron chi connectivity index (χ3n) is 2.78. The Balaban J connectivity index is 1.72. The Kier molecular flexibility index (Phi) is 2.94. The van der Waals surface area contributed by atoms with Crippen LogP contribution in [0.1, 0.15) is 5.56 Å². The minimum absolute atomic E-state index is 0.0856. The van der Waals surface area contributed by atoms with Gasteiger partial charge in [-0.15, -0.1) is 0 Å². The van der Waals surface area contributed by atoms with Crippen molar-refractivity contribution in [1.82, 2.24) is 15.0 Å². The Morgan fingerprint density at radius 2 is 2.16 bits per heavy atom. The summed E-state index contributed by atoms with van der Waals surface area (Å²) in [4.78, 5) is 23.1.